The zero-order valence-corrected chi connectivity index (χ0v) is 14.1. The van der Waals surface area contributed by atoms with Gasteiger partial charge in [-0.05, 0) is 19.0 Å². The summed E-state index contributed by atoms with van der Waals surface area (Å²) in [6.07, 6.45) is 2.44. The van der Waals surface area contributed by atoms with Crippen LogP contribution >= 0.6 is 11.6 Å². The molecule has 0 unspecified atom stereocenters. The molecule has 2 heterocycles. The summed E-state index contributed by atoms with van der Waals surface area (Å²) in [5.74, 6) is 0. The normalized spacial score (nSPS) is 21.2. The van der Waals surface area contributed by atoms with Crippen LogP contribution < -0.4 is 5.32 Å². The molecular weight excluding hydrogens is 312 g/mol. The predicted octanol–water partition coefficient (Wildman–Crippen LogP) is 1.74. The third kappa shape index (κ3) is 4.32. The van der Waals surface area contributed by atoms with Gasteiger partial charge in [0.15, 0.2) is 0 Å². The average Bonchev–Trinajstić information content (AvgIpc) is 3.08. The van der Waals surface area contributed by atoms with E-state index in [1.807, 2.05) is 29.1 Å². The highest BCUT2D eigenvalue weighted by Gasteiger charge is 2.23. The van der Waals surface area contributed by atoms with Crippen LogP contribution in [0.4, 0.5) is 0 Å². The third-order valence-corrected chi connectivity index (χ3v) is 4.63. The van der Waals surface area contributed by atoms with E-state index in [2.05, 4.69) is 34.5 Å². The lowest BCUT2D eigenvalue weighted by Gasteiger charge is -2.20. The van der Waals surface area contributed by atoms with Gasteiger partial charge in [-0.2, -0.15) is 5.10 Å². The van der Waals surface area contributed by atoms with Crippen LogP contribution in [0.25, 0.3) is 0 Å². The summed E-state index contributed by atoms with van der Waals surface area (Å²) >= 11 is 6.48. The monoisotopic (exact) mass is 334 g/mol. The van der Waals surface area contributed by atoms with E-state index in [9.17, 15) is 5.11 Å². The lowest BCUT2D eigenvalue weighted by Crippen LogP contribution is -2.34. The molecule has 6 heteroatoms. The maximum Gasteiger partial charge on any atom is 0.131 e. The highest BCUT2D eigenvalue weighted by Crippen LogP contribution is 2.19. The Hall–Kier alpha value is -1.40. The third-order valence-electron chi connectivity index (χ3n) is 4.19. The molecule has 1 aromatic carbocycles. The summed E-state index contributed by atoms with van der Waals surface area (Å²) in [4.78, 5) is 2.21. The maximum absolute atomic E-state index is 9.57. The van der Waals surface area contributed by atoms with Crippen LogP contribution in [0.5, 0.6) is 0 Å². The number of nitrogens with zero attached hydrogens (tertiary/aromatic N) is 3. The lowest BCUT2D eigenvalue weighted by molar-refractivity contribution is 0.189. The van der Waals surface area contributed by atoms with E-state index in [0.29, 0.717) is 24.3 Å². The number of β-amino-alcohol motifs (C(OH)–C–C–N with tert-alkyl or cyclic N) is 1. The van der Waals surface area contributed by atoms with Crippen LogP contribution in [-0.4, -0.2) is 52.1 Å². The number of aliphatic hydroxyl groups is 1. The standard InChI is InChI=1S/C17H23ClN4O/c1-21(12-15-7-16(23)9-19-15)11-14-8-20-22(17(14)18)10-13-5-3-2-4-6-13/h2-6,8,15-16,19,23H,7,9-12H2,1H3/t15-,16+/m0/s1. The summed E-state index contributed by atoms with van der Waals surface area (Å²) in [5.41, 5.74) is 2.21. The minimum atomic E-state index is -0.217. The quantitative estimate of drug-likeness (QED) is 0.845. The van der Waals surface area contributed by atoms with Gasteiger partial charge in [0.1, 0.15) is 5.15 Å². The first-order valence-electron chi connectivity index (χ1n) is 7.96. The zero-order chi connectivity index (χ0) is 16.2. The number of aliphatic hydroxyl groups excluding tert-OH is 1. The highest BCUT2D eigenvalue weighted by molar-refractivity contribution is 6.30. The topological polar surface area (TPSA) is 53.3 Å². The number of likely N-dealkylation sites (N-methyl/N-ethyl adjacent to an activating group) is 1. The molecule has 5 nitrogen and oxygen atoms in total. The summed E-state index contributed by atoms with van der Waals surface area (Å²) in [5, 5.41) is 18.0. The Kier molecular flexibility index (Phi) is 5.33. The van der Waals surface area contributed by atoms with Crippen molar-refractivity contribution in [3.63, 3.8) is 0 Å². The zero-order valence-electron chi connectivity index (χ0n) is 13.3. The molecule has 23 heavy (non-hydrogen) atoms. The Morgan fingerprint density at radius 2 is 2.17 bits per heavy atom. The smallest absolute Gasteiger partial charge is 0.131 e. The predicted molar refractivity (Wildman–Crippen MR) is 91.5 cm³/mol. The van der Waals surface area contributed by atoms with E-state index in [1.54, 1.807) is 0 Å². The van der Waals surface area contributed by atoms with Gasteiger partial charge < -0.3 is 15.3 Å². The number of halogens is 1. The van der Waals surface area contributed by atoms with Crippen molar-refractivity contribution >= 4 is 11.6 Å². The van der Waals surface area contributed by atoms with E-state index in [0.717, 1.165) is 25.1 Å². The van der Waals surface area contributed by atoms with Gasteiger partial charge in [0.2, 0.25) is 0 Å². The van der Waals surface area contributed by atoms with E-state index >= 15 is 0 Å². The minimum absolute atomic E-state index is 0.217. The Labute approximate surface area is 141 Å². The molecule has 1 aromatic heterocycles. The minimum Gasteiger partial charge on any atom is -0.392 e. The second kappa shape index (κ2) is 7.45. The molecule has 1 saturated heterocycles. The molecule has 2 N–H and O–H groups in total. The van der Waals surface area contributed by atoms with Crippen molar-refractivity contribution in [3.05, 3.63) is 52.8 Å². The lowest BCUT2D eigenvalue weighted by atomic mass is 10.2. The molecule has 0 amide bonds. The summed E-state index contributed by atoms with van der Waals surface area (Å²) in [7, 11) is 2.07. The van der Waals surface area contributed by atoms with E-state index < -0.39 is 0 Å². The SMILES string of the molecule is CN(Cc1cnn(Cc2ccccc2)c1Cl)C[C@@H]1C[C@@H](O)CN1. The molecule has 3 rings (SSSR count). The van der Waals surface area contributed by atoms with Crippen molar-refractivity contribution in [2.45, 2.75) is 31.7 Å². The van der Waals surface area contributed by atoms with Gasteiger partial charge in [0.05, 0.1) is 18.8 Å². The first-order valence-corrected chi connectivity index (χ1v) is 8.33. The van der Waals surface area contributed by atoms with Gasteiger partial charge in [-0.15, -0.1) is 0 Å². The van der Waals surface area contributed by atoms with Gasteiger partial charge >= 0.3 is 0 Å². The fourth-order valence-corrected chi connectivity index (χ4v) is 3.26. The molecule has 0 radical (unpaired) electrons. The molecule has 0 saturated carbocycles. The van der Waals surface area contributed by atoms with Gasteiger partial charge in [0.25, 0.3) is 0 Å². The second-order valence-corrected chi connectivity index (χ2v) is 6.65. The van der Waals surface area contributed by atoms with E-state index in [1.165, 1.54) is 5.56 Å². The molecular formula is C17H23ClN4O. The number of benzene rings is 1. The van der Waals surface area contributed by atoms with Crippen LogP contribution in [0.3, 0.4) is 0 Å². The largest absolute Gasteiger partial charge is 0.392 e. The van der Waals surface area contributed by atoms with Crippen molar-refractivity contribution in [2.75, 3.05) is 20.1 Å². The van der Waals surface area contributed by atoms with Gasteiger partial charge in [-0.1, -0.05) is 41.9 Å². The molecule has 0 spiro atoms. The van der Waals surface area contributed by atoms with Crippen molar-refractivity contribution in [2.24, 2.45) is 0 Å². The molecule has 1 aliphatic rings. The Bertz CT molecular complexity index is 631. The fraction of sp³-hybridized carbons (Fsp3) is 0.471. The van der Waals surface area contributed by atoms with Crippen molar-refractivity contribution in [3.8, 4) is 0 Å². The van der Waals surface area contributed by atoms with Crippen molar-refractivity contribution < 1.29 is 5.11 Å². The van der Waals surface area contributed by atoms with E-state index in [4.69, 9.17) is 11.6 Å². The number of rotatable bonds is 6. The Morgan fingerprint density at radius 1 is 1.39 bits per heavy atom. The number of nitrogens with one attached hydrogen (secondary N) is 1. The van der Waals surface area contributed by atoms with Crippen LogP contribution in [0, 0.1) is 0 Å². The van der Waals surface area contributed by atoms with Crippen LogP contribution in [0.15, 0.2) is 36.5 Å². The number of hydrogen-bond donors (Lipinski definition) is 2. The molecule has 2 atom stereocenters. The molecule has 0 bridgehead atoms. The van der Waals surface area contributed by atoms with Gasteiger partial charge in [0, 0.05) is 31.2 Å². The molecule has 1 fully saturated rings. The van der Waals surface area contributed by atoms with Gasteiger partial charge in [-0.25, -0.2) is 4.68 Å². The first kappa shape index (κ1) is 16.5. The molecule has 0 aliphatic carbocycles. The average molecular weight is 335 g/mol. The summed E-state index contributed by atoms with van der Waals surface area (Å²) in [6, 6.07) is 10.5. The van der Waals surface area contributed by atoms with Crippen LogP contribution in [0.1, 0.15) is 17.5 Å². The van der Waals surface area contributed by atoms with Crippen molar-refractivity contribution in [1.82, 2.24) is 20.0 Å². The highest BCUT2D eigenvalue weighted by atomic mass is 35.5. The second-order valence-electron chi connectivity index (χ2n) is 6.30. The van der Waals surface area contributed by atoms with Crippen LogP contribution in [0.2, 0.25) is 5.15 Å². The number of aromatic nitrogens is 2. The Balaban J connectivity index is 1.58. The molecule has 124 valence electrons. The molecule has 2 aromatic rings. The summed E-state index contributed by atoms with van der Waals surface area (Å²) in [6.45, 7) is 3.01. The fourth-order valence-electron chi connectivity index (χ4n) is 3.05. The van der Waals surface area contributed by atoms with Gasteiger partial charge in [-0.3, -0.25) is 0 Å². The van der Waals surface area contributed by atoms with E-state index in [-0.39, 0.29) is 6.10 Å². The Morgan fingerprint density at radius 3 is 2.87 bits per heavy atom. The van der Waals surface area contributed by atoms with Crippen LogP contribution in [-0.2, 0) is 13.1 Å². The first-order chi connectivity index (χ1) is 11.1. The molecule has 1 aliphatic heterocycles. The number of hydrogen-bond acceptors (Lipinski definition) is 4. The summed E-state index contributed by atoms with van der Waals surface area (Å²) < 4.78 is 1.83. The van der Waals surface area contributed by atoms with Crippen molar-refractivity contribution in [1.29, 1.82) is 0 Å². The maximum atomic E-state index is 9.57.